The standard InChI is InChI=1S/C11H18N2O3/c1-7(2)4-5-8(3)12-11-13-9(6-16-11)10(14)15/h6-8H,4-5H2,1-3H3,(H,12,13)(H,14,15). The molecule has 1 atom stereocenters. The molecule has 0 bridgehead atoms. The number of aromatic carboxylic acids is 1. The highest BCUT2D eigenvalue weighted by atomic mass is 16.4. The number of hydrogen-bond acceptors (Lipinski definition) is 4. The molecule has 1 unspecified atom stereocenters. The van der Waals surface area contributed by atoms with Gasteiger partial charge in [0.1, 0.15) is 6.26 Å². The lowest BCUT2D eigenvalue weighted by Gasteiger charge is -2.12. The fourth-order valence-electron chi connectivity index (χ4n) is 1.30. The molecule has 1 rings (SSSR count). The number of carboxylic acid groups (broad SMARTS) is 1. The quantitative estimate of drug-likeness (QED) is 0.779. The van der Waals surface area contributed by atoms with Crippen molar-refractivity contribution < 1.29 is 14.3 Å². The lowest BCUT2D eigenvalue weighted by molar-refractivity contribution is 0.0690. The van der Waals surface area contributed by atoms with Gasteiger partial charge in [0.05, 0.1) is 0 Å². The van der Waals surface area contributed by atoms with Crippen molar-refractivity contribution in [3.63, 3.8) is 0 Å². The topological polar surface area (TPSA) is 75.4 Å². The van der Waals surface area contributed by atoms with E-state index in [1.54, 1.807) is 0 Å². The van der Waals surface area contributed by atoms with Gasteiger partial charge in [0.25, 0.3) is 6.01 Å². The molecule has 0 amide bonds. The zero-order chi connectivity index (χ0) is 12.1. The molecule has 0 aromatic carbocycles. The highest BCUT2D eigenvalue weighted by molar-refractivity contribution is 5.85. The molecule has 16 heavy (non-hydrogen) atoms. The smallest absolute Gasteiger partial charge is 0.357 e. The number of aromatic nitrogens is 1. The summed E-state index contributed by atoms with van der Waals surface area (Å²) < 4.78 is 5.00. The molecule has 5 nitrogen and oxygen atoms in total. The Labute approximate surface area is 94.9 Å². The van der Waals surface area contributed by atoms with E-state index in [1.165, 1.54) is 0 Å². The van der Waals surface area contributed by atoms with Crippen molar-refractivity contribution in [2.45, 2.75) is 39.7 Å². The van der Waals surface area contributed by atoms with E-state index < -0.39 is 5.97 Å². The summed E-state index contributed by atoms with van der Waals surface area (Å²) in [6.07, 6.45) is 3.25. The zero-order valence-electron chi connectivity index (χ0n) is 9.86. The lowest BCUT2D eigenvalue weighted by atomic mass is 10.0. The van der Waals surface area contributed by atoms with Crippen LogP contribution in [0.15, 0.2) is 10.7 Å². The number of oxazole rings is 1. The van der Waals surface area contributed by atoms with Crippen LogP contribution in [0.25, 0.3) is 0 Å². The van der Waals surface area contributed by atoms with Crippen LogP contribution >= 0.6 is 0 Å². The molecule has 0 aliphatic heterocycles. The summed E-state index contributed by atoms with van der Waals surface area (Å²) in [5.74, 6) is -0.421. The molecule has 0 radical (unpaired) electrons. The number of carboxylic acids is 1. The number of nitrogens with zero attached hydrogens (tertiary/aromatic N) is 1. The number of nitrogens with one attached hydrogen (secondary N) is 1. The van der Waals surface area contributed by atoms with Gasteiger partial charge in [0.15, 0.2) is 5.69 Å². The molecule has 2 N–H and O–H groups in total. The first kappa shape index (κ1) is 12.5. The Balaban J connectivity index is 2.43. The Morgan fingerprint density at radius 2 is 2.19 bits per heavy atom. The van der Waals surface area contributed by atoms with Crippen LogP contribution in [0.4, 0.5) is 6.01 Å². The first-order chi connectivity index (χ1) is 7.49. The van der Waals surface area contributed by atoms with Crippen LogP contribution < -0.4 is 5.32 Å². The zero-order valence-corrected chi connectivity index (χ0v) is 9.86. The van der Waals surface area contributed by atoms with Crippen LogP contribution in [-0.2, 0) is 0 Å². The Kier molecular flexibility index (Phi) is 4.34. The number of anilines is 1. The first-order valence-electron chi connectivity index (χ1n) is 5.44. The molecule has 1 aromatic rings. The Bertz CT molecular complexity index is 347. The maximum absolute atomic E-state index is 10.6. The summed E-state index contributed by atoms with van der Waals surface area (Å²) in [6.45, 7) is 6.35. The monoisotopic (exact) mass is 226 g/mol. The van der Waals surface area contributed by atoms with Crippen LogP contribution in [0, 0.1) is 5.92 Å². The van der Waals surface area contributed by atoms with Crippen molar-refractivity contribution in [1.29, 1.82) is 0 Å². The van der Waals surface area contributed by atoms with Gasteiger partial charge < -0.3 is 14.8 Å². The van der Waals surface area contributed by atoms with Crippen molar-refractivity contribution >= 4 is 12.0 Å². The van der Waals surface area contributed by atoms with Gasteiger partial charge in [-0.05, 0) is 25.7 Å². The van der Waals surface area contributed by atoms with E-state index >= 15 is 0 Å². The number of rotatable bonds is 6. The van der Waals surface area contributed by atoms with Crippen molar-refractivity contribution in [2.75, 3.05) is 5.32 Å². The maximum Gasteiger partial charge on any atom is 0.357 e. The minimum absolute atomic E-state index is 0.0708. The van der Waals surface area contributed by atoms with Gasteiger partial charge in [-0.1, -0.05) is 13.8 Å². The minimum atomic E-state index is -1.08. The predicted molar refractivity (Wildman–Crippen MR) is 60.6 cm³/mol. The Morgan fingerprint density at radius 3 is 2.69 bits per heavy atom. The Hall–Kier alpha value is -1.52. The molecule has 0 fully saturated rings. The third-order valence-electron chi connectivity index (χ3n) is 2.27. The number of carbonyl (C=O) groups is 1. The van der Waals surface area contributed by atoms with E-state index in [-0.39, 0.29) is 17.8 Å². The molecular weight excluding hydrogens is 208 g/mol. The molecule has 5 heteroatoms. The SMILES string of the molecule is CC(C)CCC(C)Nc1nc(C(=O)O)co1. The van der Waals surface area contributed by atoms with Gasteiger partial charge in [-0.2, -0.15) is 4.98 Å². The van der Waals surface area contributed by atoms with Gasteiger partial charge in [-0.3, -0.25) is 0 Å². The van der Waals surface area contributed by atoms with E-state index in [2.05, 4.69) is 24.1 Å². The molecule has 0 saturated heterocycles. The highest BCUT2D eigenvalue weighted by Gasteiger charge is 2.12. The average molecular weight is 226 g/mol. The molecule has 0 spiro atoms. The third kappa shape index (κ3) is 3.92. The molecule has 0 saturated carbocycles. The first-order valence-corrected chi connectivity index (χ1v) is 5.44. The number of hydrogen-bond donors (Lipinski definition) is 2. The normalized spacial score (nSPS) is 12.8. The molecule has 90 valence electrons. The molecule has 0 aliphatic rings. The fourth-order valence-corrected chi connectivity index (χ4v) is 1.30. The average Bonchev–Trinajstić information content (AvgIpc) is 2.63. The second-order valence-corrected chi connectivity index (χ2v) is 4.36. The van der Waals surface area contributed by atoms with Crippen LogP contribution in [-0.4, -0.2) is 22.1 Å². The van der Waals surface area contributed by atoms with E-state index in [4.69, 9.17) is 9.52 Å². The summed E-state index contributed by atoms with van der Waals surface area (Å²) in [7, 11) is 0. The highest BCUT2D eigenvalue weighted by Crippen LogP contribution is 2.13. The van der Waals surface area contributed by atoms with Crippen molar-refractivity contribution in [2.24, 2.45) is 5.92 Å². The van der Waals surface area contributed by atoms with Crippen LogP contribution in [0.1, 0.15) is 44.1 Å². The van der Waals surface area contributed by atoms with Gasteiger partial charge in [-0.15, -0.1) is 0 Å². The van der Waals surface area contributed by atoms with Crippen LogP contribution in [0.5, 0.6) is 0 Å². The van der Waals surface area contributed by atoms with Crippen LogP contribution in [0.2, 0.25) is 0 Å². The summed E-state index contributed by atoms with van der Waals surface area (Å²) in [5, 5.41) is 11.7. The maximum atomic E-state index is 10.6. The molecular formula is C11H18N2O3. The van der Waals surface area contributed by atoms with Crippen molar-refractivity contribution in [1.82, 2.24) is 4.98 Å². The largest absolute Gasteiger partial charge is 0.476 e. The minimum Gasteiger partial charge on any atom is -0.476 e. The summed E-state index contributed by atoms with van der Waals surface area (Å²) >= 11 is 0. The lowest BCUT2D eigenvalue weighted by Crippen LogP contribution is -2.16. The molecule has 0 aliphatic carbocycles. The predicted octanol–water partition coefficient (Wildman–Crippen LogP) is 2.61. The van der Waals surface area contributed by atoms with Gasteiger partial charge in [-0.25, -0.2) is 4.79 Å². The van der Waals surface area contributed by atoms with E-state index in [0.717, 1.165) is 19.1 Å². The fraction of sp³-hybridized carbons (Fsp3) is 0.636. The second kappa shape index (κ2) is 5.53. The van der Waals surface area contributed by atoms with E-state index in [9.17, 15) is 4.79 Å². The van der Waals surface area contributed by atoms with E-state index in [1.807, 2.05) is 6.92 Å². The van der Waals surface area contributed by atoms with Crippen molar-refractivity contribution in [3.8, 4) is 0 Å². The van der Waals surface area contributed by atoms with Crippen molar-refractivity contribution in [3.05, 3.63) is 12.0 Å². The van der Waals surface area contributed by atoms with Gasteiger partial charge in [0, 0.05) is 6.04 Å². The third-order valence-corrected chi connectivity index (χ3v) is 2.27. The molecule has 1 aromatic heterocycles. The summed E-state index contributed by atoms with van der Waals surface area (Å²) in [6, 6.07) is 0.497. The van der Waals surface area contributed by atoms with Crippen LogP contribution in [0.3, 0.4) is 0 Å². The summed E-state index contributed by atoms with van der Waals surface area (Å²) in [4.78, 5) is 14.4. The second-order valence-electron chi connectivity index (χ2n) is 4.36. The van der Waals surface area contributed by atoms with Gasteiger partial charge in [0.2, 0.25) is 0 Å². The Morgan fingerprint density at radius 1 is 1.50 bits per heavy atom. The summed E-state index contributed by atoms with van der Waals surface area (Å²) in [5.41, 5.74) is -0.0708. The molecule has 1 heterocycles. The van der Waals surface area contributed by atoms with Gasteiger partial charge >= 0.3 is 5.97 Å². The van der Waals surface area contributed by atoms with E-state index in [0.29, 0.717) is 5.92 Å².